The van der Waals surface area contributed by atoms with Crippen molar-refractivity contribution in [2.75, 3.05) is 26.2 Å². The van der Waals surface area contributed by atoms with E-state index in [9.17, 15) is 8.42 Å². The molecule has 0 radical (unpaired) electrons. The van der Waals surface area contributed by atoms with Crippen molar-refractivity contribution in [3.05, 3.63) is 0 Å². The van der Waals surface area contributed by atoms with Gasteiger partial charge in [-0.2, -0.15) is 0 Å². The van der Waals surface area contributed by atoms with Crippen LogP contribution >= 0.6 is 0 Å². The maximum atomic E-state index is 10.4. The Morgan fingerprint density at radius 1 is 1.20 bits per heavy atom. The molecule has 0 atom stereocenters. The average Bonchev–Trinajstić information content (AvgIpc) is 2.12. The number of nitrogens with one attached hydrogen (secondary N) is 1. The van der Waals surface area contributed by atoms with Crippen LogP contribution in [-0.2, 0) is 10.9 Å². The number of thiol groups is 1. The van der Waals surface area contributed by atoms with Crippen LogP contribution in [-0.4, -0.2) is 38.9 Å². The van der Waals surface area contributed by atoms with Crippen molar-refractivity contribution in [2.24, 2.45) is 0 Å². The SMILES string of the molecule is O=[SH](=O)N1CCCNCC1. The van der Waals surface area contributed by atoms with Gasteiger partial charge in [-0.1, -0.05) is 0 Å². The second-order valence-electron chi connectivity index (χ2n) is 2.30. The predicted octanol–water partition coefficient (Wildman–Crippen LogP) is -1.19. The van der Waals surface area contributed by atoms with Gasteiger partial charge in [-0.15, -0.1) is 0 Å². The van der Waals surface area contributed by atoms with Crippen LogP contribution in [0.15, 0.2) is 0 Å². The largest absolute Gasteiger partial charge is 0.315 e. The highest BCUT2D eigenvalue weighted by Gasteiger charge is 2.08. The Balaban J connectivity index is 2.43. The van der Waals surface area contributed by atoms with Gasteiger partial charge in [0.25, 0.3) is 0 Å². The Kier molecular flexibility index (Phi) is 3.11. The van der Waals surface area contributed by atoms with Crippen LogP contribution < -0.4 is 5.32 Å². The Morgan fingerprint density at radius 3 is 2.70 bits per heavy atom. The van der Waals surface area contributed by atoms with Crippen molar-refractivity contribution in [1.29, 1.82) is 0 Å². The summed E-state index contributed by atoms with van der Waals surface area (Å²) >= 11 is 0. The maximum Gasteiger partial charge on any atom is 0.203 e. The molecule has 1 aliphatic heterocycles. The molecule has 0 amide bonds. The summed E-state index contributed by atoms with van der Waals surface area (Å²) in [4.78, 5) is 0. The number of nitrogens with zero attached hydrogens (tertiary/aromatic N) is 1. The van der Waals surface area contributed by atoms with E-state index >= 15 is 0 Å². The molecular formula is C5H12N2O2S. The average molecular weight is 164 g/mol. The molecule has 0 aromatic heterocycles. The quantitative estimate of drug-likeness (QED) is 0.479. The maximum absolute atomic E-state index is 10.4. The molecule has 0 saturated carbocycles. The minimum atomic E-state index is -2.34. The minimum absolute atomic E-state index is 0.624. The molecule has 0 bridgehead atoms. The first-order valence-corrected chi connectivity index (χ1v) is 4.54. The van der Waals surface area contributed by atoms with Gasteiger partial charge >= 0.3 is 0 Å². The second kappa shape index (κ2) is 3.90. The zero-order chi connectivity index (χ0) is 7.40. The van der Waals surface area contributed by atoms with Gasteiger partial charge in [0, 0.05) is 19.6 Å². The standard InChI is InChI=1S/C5H12N2O2S/c8-10(9)7-4-1-2-6-3-5-7/h6,10H,1-5H2. The van der Waals surface area contributed by atoms with Crippen molar-refractivity contribution in [1.82, 2.24) is 9.62 Å². The molecule has 5 heteroatoms. The third-order valence-electron chi connectivity index (χ3n) is 1.55. The van der Waals surface area contributed by atoms with Crippen molar-refractivity contribution in [2.45, 2.75) is 6.42 Å². The summed E-state index contributed by atoms with van der Waals surface area (Å²) in [7, 11) is -2.34. The molecule has 1 N–H and O–H groups in total. The summed E-state index contributed by atoms with van der Waals surface area (Å²) in [6.45, 7) is 3.01. The highest BCUT2D eigenvalue weighted by atomic mass is 32.2. The van der Waals surface area contributed by atoms with E-state index in [1.807, 2.05) is 0 Å². The smallest absolute Gasteiger partial charge is 0.203 e. The fourth-order valence-electron chi connectivity index (χ4n) is 0.995. The van der Waals surface area contributed by atoms with Gasteiger partial charge in [0.2, 0.25) is 10.9 Å². The minimum Gasteiger partial charge on any atom is -0.315 e. The van der Waals surface area contributed by atoms with Crippen LogP contribution in [0.25, 0.3) is 0 Å². The zero-order valence-corrected chi connectivity index (χ0v) is 6.64. The van der Waals surface area contributed by atoms with Gasteiger partial charge in [-0.3, -0.25) is 0 Å². The van der Waals surface area contributed by atoms with Crippen LogP contribution in [0.3, 0.4) is 0 Å². The Labute approximate surface area is 62.3 Å². The highest BCUT2D eigenvalue weighted by Crippen LogP contribution is 1.93. The number of hydrogen-bond donors (Lipinski definition) is 2. The summed E-state index contributed by atoms with van der Waals surface area (Å²) in [6, 6.07) is 0. The Morgan fingerprint density at radius 2 is 2.00 bits per heavy atom. The first-order chi connectivity index (χ1) is 4.80. The number of rotatable bonds is 1. The van der Waals surface area contributed by atoms with Crippen LogP contribution in [0.2, 0.25) is 0 Å². The van der Waals surface area contributed by atoms with E-state index in [0.717, 1.165) is 19.5 Å². The Hall–Kier alpha value is -0.130. The normalized spacial score (nSPS) is 22.9. The molecule has 0 spiro atoms. The van der Waals surface area contributed by atoms with Crippen LogP contribution in [0.1, 0.15) is 6.42 Å². The lowest BCUT2D eigenvalue weighted by atomic mass is 10.4. The molecule has 1 saturated heterocycles. The lowest BCUT2D eigenvalue weighted by molar-refractivity contribution is 0.448. The monoisotopic (exact) mass is 164 g/mol. The fraction of sp³-hybridized carbons (Fsp3) is 1.00. The van der Waals surface area contributed by atoms with Gasteiger partial charge in [0.05, 0.1) is 0 Å². The highest BCUT2D eigenvalue weighted by molar-refractivity contribution is 7.69. The van der Waals surface area contributed by atoms with Crippen molar-refractivity contribution in [3.8, 4) is 0 Å². The fourth-order valence-corrected chi connectivity index (χ4v) is 1.56. The molecule has 0 unspecified atom stereocenters. The third-order valence-corrected chi connectivity index (χ3v) is 2.41. The van der Waals surface area contributed by atoms with Gasteiger partial charge in [-0.05, 0) is 13.0 Å². The van der Waals surface area contributed by atoms with E-state index in [1.165, 1.54) is 4.31 Å². The van der Waals surface area contributed by atoms with E-state index in [2.05, 4.69) is 5.32 Å². The summed E-state index contributed by atoms with van der Waals surface area (Å²) in [5.41, 5.74) is 0. The van der Waals surface area contributed by atoms with E-state index in [0.29, 0.717) is 13.1 Å². The molecule has 1 rings (SSSR count). The van der Waals surface area contributed by atoms with Crippen molar-refractivity contribution in [3.63, 3.8) is 0 Å². The molecule has 4 nitrogen and oxygen atoms in total. The summed E-state index contributed by atoms with van der Waals surface area (Å²) in [5, 5.41) is 3.12. The Bertz CT molecular complexity index is 153. The molecule has 0 aliphatic carbocycles. The predicted molar refractivity (Wildman–Crippen MR) is 39.4 cm³/mol. The molecule has 10 heavy (non-hydrogen) atoms. The second-order valence-corrected chi connectivity index (χ2v) is 3.34. The van der Waals surface area contributed by atoms with Gasteiger partial charge < -0.3 is 5.32 Å². The van der Waals surface area contributed by atoms with E-state index < -0.39 is 10.9 Å². The topological polar surface area (TPSA) is 49.4 Å². The van der Waals surface area contributed by atoms with Gasteiger partial charge in [-0.25, -0.2) is 12.7 Å². The van der Waals surface area contributed by atoms with Crippen LogP contribution in [0.4, 0.5) is 0 Å². The lowest BCUT2D eigenvalue weighted by Gasteiger charge is -2.08. The van der Waals surface area contributed by atoms with Crippen molar-refractivity contribution < 1.29 is 8.42 Å². The first kappa shape index (κ1) is 7.97. The molecule has 1 heterocycles. The van der Waals surface area contributed by atoms with E-state index in [1.54, 1.807) is 0 Å². The van der Waals surface area contributed by atoms with Crippen LogP contribution in [0.5, 0.6) is 0 Å². The molecule has 60 valence electrons. The van der Waals surface area contributed by atoms with Gasteiger partial charge in [0.1, 0.15) is 0 Å². The third kappa shape index (κ3) is 2.24. The molecular weight excluding hydrogens is 152 g/mol. The molecule has 1 fully saturated rings. The zero-order valence-electron chi connectivity index (χ0n) is 5.75. The van der Waals surface area contributed by atoms with Crippen LogP contribution in [0, 0.1) is 0 Å². The van der Waals surface area contributed by atoms with Crippen molar-refractivity contribution >= 4 is 10.9 Å². The molecule has 0 aromatic carbocycles. The molecule has 0 aromatic rings. The van der Waals surface area contributed by atoms with E-state index in [-0.39, 0.29) is 0 Å². The summed E-state index contributed by atoms with van der Waals surface area (Å²) in [5.74, 6) is 0. The van der Waals surface area contributed by atoms with Gasteiger partial charge in [0.15, 0.2) is 0 Å². The lowest BCUT2D eigenvalue weighted by Crippen LogP contribution is -2.26. The summed E-state index contributed by atoms with van der Waals surface area (Å²) < 4.78 is 22.4. The number of hydrogen-bond acceptors (Lipinski definition) is 3. The molecule has 1 aliphatic rings. The summed E-state index contributed by atoms with van der Waals surface area (Å²) in [6.07, 6.45) is 0.920. The first-order valence-electron chi connectivity index (χ1n) is 3.40. The van der Waals surface area contributed by atoms with E-state index in [4.69, 9.17) is 0 Å².